The second-order valence-corrected chi connectivity index (χ2v) is 9.73. The van der Waals surface area contributed by atoms with E-state index >= 15 is 0 Å². The first kappa shape index (κ1) is 21.7. The van der Waals surface area contributed by atoms with E-state index in [4.69, 9.17) is 4.18 Å². The maximum absolute atomic E-state index is 13.5. The van der Waals surface area contributed by atoms with E-state index in [0.29, 0.717) is 25.7 Å². The standard InChI is InChI=1S/C25H24F2O3S/c1-18-2-12-24(13-3-18)31(28,29)30-23-14-16-25(17-15-23,19-4-8-21(26)9-5-19)20-6-10-22(27)11-7-20/h2-13,23H,14-17H2,1H3. The molecule has 1 saturated carbocycles. The van der Waals surface area contributed by atoms with Gasteiger partial charge in [0.15, 0.2) is 0 Å². The van der Waals surface area contributed by atoms with Gasteiger partial charge in [-0.3, -0.25) is 4.18 Å². The maximum Gasteiger partial charge on any atom is 0.297 e. The van der Waals surface area contributed by atoms with Gasteiger partial charge < -0.3 is 0 Å². The van der Waals surface area contributed by atoms with Crippen molar-refractivity contribution in [1.29, 1.82) is 0 Å². The molecule has 0 amide bonds. The minimum atomic E-state index is -3.85. The SMILES string of the molecule is Cc1ccc(S(=O)(=O)OC2CCC(c3ccc(F)cc3)(c3ccc(F)cc3)CC2)cc1. The zero-order valence-corrected chi connectivity index (χ0v) is 18.0. The first-order chi connectivity index (χ1) is 14.8. The average molecular weight is 443 g/mol. The van der Waals surface area contributed by atoms with Gasteiger partial charge in [-0.1, -0.05) is 42.0 Å². The van der Waals surface area contributed by atoms with Crippen molar-refractivity contribution in [3.8, 4) is 0 Å². The Balaban J connectivity index is 1.58. The number of aryl methyl sites for hydroxylation is 1. The molecule has 0 aromatic heterocycles. The van der Waals surface area contributed by atoms with E-state index in [9.17, 15) is 17.2 Å². The Hall–Kier alpha value is -2.57. The Morgan fingerprint density at radius 2 is 1.23 bits per heavy atom. The Kier molecular flexibility index (Phi) is 5.95. The van der Waals surface area contributed by atoms with Crippen molar-refractivity contribution < 1.29 is 21.4 Å². The van der Waals surface area contributed by atoms with Crippen LogP contribution >= 0.6 is 0 Å². The summed E-state index contributed by atoms with van der Waals surface area (Å²) in [6.45, 7) is 1.89. The summed E-state index contributed by atoms with van der Waals surface area (Å²) in [5.41, 5.74) is 2.38. The normalized spacial score (nSPS) is 16.9. The van der Waals surface area contributed by atoms with Gasteiger partial charge in [0, 0.05) is 5.41 Å². The number of hydrogen-bond donors (Lipinski definition) is 0. The highest BCUT2D eigenvalue weighted by Gasteiger charge is 2.40. The van der Waals surface area contributed by atoms with Crippen molar-refractivity contribution in [1.82, 2.24) is 0 Å². The van der Waals surface area contributed by atoms with Crippen LogP contribution in [0.2, 0.25) is 0 Å². The summed E-state index contributed by atoms with van der Waals surface area (Å²) in [7, 11) is -3.85. The first-order valence-corrected chi connectivity index (χ1v) is 11.7. The van der Waals surface area contributed by atoms with Gasteiger partial charge in [0.25, 0.3) is 10.1 Å². The van der Waals surface area contributed by atoms with Gasteiger partial charge in [-0.2, -0.15) is 8.42 Å². The van der Waals surface area contributed by atoms with Crippen LogP contribution in [0.1, 0.15) is 42.4 Å². The molecular formula is C25H24F2O3S. The lowest BCUT2D eigenvalue weighted by molar-refractivity contribution is 0.134. The molecule has 0 N–H and O–H groups in total. The quantitative estimate of drug-likeness (QED) is 0.462. The fourth-order valence-corrected chi connectivity index (χ4v) is 5.53. The molecule has 3 aromatic rings. The van der Waals surface area contributed by atoms with Gasteiger partial charge in [-0.05, 0) is 80.1 Å². The minimum absolute atomic E-state index is 0.145. The molecule has 0 aliphatic heterocycles. The number of benzene rings is 3. The molecule has 0 unspecified atom stereocenters. The molecular weight excluding hydrogens is 418 g/mol. The molecule has 162 valence electrons. The summed E-state index contributed by atoms with van der Waals surface area (Å²) in [5.74, 6) is -0.640. The molecule has 1 fully saturated rings. The lowest BCUT2D eigenvalue weighted by Gasteiger charge is -2.41. The summed E-state index contributed by atoms with van der Waals surface area (Å²) in [5, 5.41) is 0. The lowest BCUT2D eigenvalue weighted by atomic mass is 9.65. The van der Waals surface area contributed by atoms with E-state index < -0.39 is 21.6 Å². The first-order valence-electron chi connectivity index (χ1n) is 10.3. The molecule has 0 spiro atoms. The molecule has 1 aliphatic rings. The van der Waals surface area contributed by atoms with Crippen molar-refractivity contribution in [2.24, 2.45) is 0 Å². The van der Waals surface area contributed by atoms with Crippen LogP contribution in [0.3, 0.4) is 0 Å². The third kappa shape index (κ3) is 4.55. The van der Waals surface area contributed by atoms with E-state index in [1.54, 1.807) is 48.5 Å². The fraction of sp³-hybridized carbons (Fsp3) is 0.280. The zero-order valence-electron chi connectivity index (χ0n) is 17.2. The summed E-state index contributed by atoms with van der Waals surface area (Å²) in [4.78, 5) is 0.145. The lowest BCUT2D eigenvalue weighted by Crippen LogP contribution is -2.36. The molecule has 6 heteroatoms. The van der Waals surface area contributed by atoms with Gasteiger partial charge >= 0.3 is 0 Å². The molecule has 0 radical (unpaired) electrons. The summed E-state index contributed by atoms with van der Waals surface area (Å²) >= 11 is 0. The van der Waals surface area contributed by atoms with Crippen molar-refractivity contribution in [3.63, 3.8) is 0 Å². The predicted molar refractivity (Wildman–Crippen MR) is 115 cm³/mol. The van der Waals surface area contributed by atoms with Gasteiger partial charge in [0.2, 0.25) is 0 Å². The van der Waals surface area contributed by atoms with Crippen LogP contribution in [-0.2, 0) is 19.7 Å². The summed E-state index contributed by atoms with van der Waals surface area (Å²) in [6.07, 6.45) is 1.80. The zero-order chi connectivity index (χ0) is 22.1. The van der Waals surface area contributed by atoms with Crippen LogP contribution in [0, 0.1) is 18.6 Å². The molecule has 0 bridgehead atoms. The third-order valence-electron chi connectivity index (χ3n) is 6.15. The Morgan fingerprint density at radius 1 is 0.774 bits per heavy atom. The Labute approximate surface area is 181 Å². The van der Waals surface area contributed by atoms with E-state index in [1.807, 2.05) is 6.92 Å². The highest BCUT2D eigenvalue weighted by Crippen LogP contribution is 2.46. The van der Waals surface area contributed by atoms with Crippen LogP contribution in [0.5, 0.6) is 0 Å². The molecule has 3 aromatic carbocycles. The van der Waals surface area contributed by atoms with Gasteiger partial charge in [-0.15, -0.1) is 0 Å². The predicted octanol–water partition coefficient (Wildman–Crippen LogP) is 5.91. The van der Waals surface area contributed by atoms with Gasteiger partial charge in [-0.25, -0.2) is 8.78 Å². The second-order valence-electron chi connectivity index (χ2n) is 8.16. The maximum atomic E-state index is 13.5. The molecule has 0 heterocycles. The number of hydrogen-bond acceptors (Lipinski definition) is 3. The third-order valence-corrected chi connectivity index (χ3v) is 7.53. The largest absolute Gasteiger partial charge is 0.297 e. The molecule has 3 nitrogen and oxygen atoms in total. The topological polar surface area (TPSA) is 43.4 Å². The average Bonchev–Trinajstić information content (AvgIpc) is 2.76. The fourth-order valence-electron chi connectivity index (χ4n) is 4.40. The van der Waals surface area contributed by atoms with Crippen molar-refractivity contribution >= 4 is 10.1 Å². The highest BCUT2D eigenvalue weighted by molar-refractivity contribution is 7.86. The van der Waals surface area contributed by atoms with E-state index in [2.05, 4.69) is 0 Å². The monoisotopic (exact) mass is 442 g/mol. The van der Waals surface area contributed by atoms with Gasteiger partial charge in [0.05, 0.1) is 11.0 Å². The molecule has 0 saturated heterocycles. The van der Waals surface area contributed by atoms with Crippen molar-refractivity contribution in [3.05, 3.63) is 101 Å². The number of halogens is 2. The number of rotatable bonds is 5. The van der Waals surface area contributed by atoms with E-state index in [-0.39, 0.29) is 16.5 Å². The molecule has 4 rings (SSSR count). The smallest absolute Gasteiger partial charge is 0.263 e. The second kappa shape index (κ2) is 8.52. The van der Waals surface area contributed by atoms with Crippen molar-refractivity contribution in [2.45, 2.75) is 49.0 Å². The summed E-state index contributed by atoms with van der Waals surface area (Å²) < 4.78 is 58.0. The molecule has 1 aliphatic carbocycles. The summed E-state index contributed by atoms with van der Waals surface area (Å²) in [6, 6.07) is 19.3. The Bertz CT molecular complexity index is 1080. The Morgan fingerprint density at radius 3 is 1.68 bits per heavy atom. The van der Waals surface area contributed by atoms with E-state index in [0.717, 1.165) is 16.7 Å². The highest BCUT2D eigenvalue weighted by atomic mass is 32.2. The van der Waals surface area contributed by atoms with Crippen molar-refractivity contribution in [2.75, 3.05) is 0 Å². The van der Waals surface area contributed by atoms with Crippen LogP contribution < -0.4 is 0 Å². The molecule has 31 heavy (non-hydrogen) atoms. The van der Waals surface area contributed by atoms with Crippen LogP contribution in [0.25, 0.3) is 0 Å². The molecule has 0 atom stereocenters. The van der Waals surface area contributed by atoms with Crippen LogP contribution in [-0.4, -0.2) is 14.5 Å². The van der Waals surface area contributed by atoms with Crippen LogP contribution in [0.15, 0.2) is 77.7 Å². The van der Waals surface area contributed by atoms with Crippen LogP contribution in [0.4, 0.5) is 8.78 Å². The van der Waals surface area contributed by atoms with E-state index in [1.165, 1.54) is 24.3 Å². The van der Waals surface area contributed by atoms with Gasteiger partial charge in [0.1, 0.15) is 11.6 Å². The minimum Gasteiger partial charge on any atom is -0.263 e.